The fraction of sp³-hybridized carbons (Fsp3) is 0.364. The average molecular weight is 510 g/mol. The molecule has 6 nitrogen and oxygen atoms in total. The highest BCUT2D eigenvalue weighted by molar-refractivity contribution is 14.0. The maximum Gasteiger partial charge on any atom is 0.224 e. The SMILES string of the molecule is CN=C(NCCOc1ccc(C)cc1)NCCC(=O)N(C)Cc1ccccc1.I. The molecule has 1 amide bonds. The molecule has 0 fully saturated rings. The van der Waals surface area contributed by atoms with E-state index in [0.29, 0.717) is 38.6 Å². The maximum atomic E-state index is 12.3. The van der Waals surface area contributed by atoms with Gasteiger partial charge in [0.15, 0.2) is 5.96 Å². The number of guanidine groups is 1. The van der Waals surface area contributed by atoms with Gasteiger partial charge in [-0.1, -0.05) is 48.0 Å². The molecule has 2 aromatic rings. The number of carbonyl (C=O) groups excluding carboxylic acids is 1. The molecule has 158 valence electrons. The van der Waals surface area contributed by atoms with E-state index < -0.39 is 0 Å². The number of ether oxygens (including phenoxy) is 1. The Morgan fingerprint density at radius 2 is 1.69 bits per heavy atom. The molecule has 0 atom stereocenters. The highest BCUT2D eigenvalue weighted by atomic mass is 127. The minimum atomic E-state index is 0. The van der Waals surface area contributed by atoms with Crippen LogP contribution in [0, 0.1) is 6.92 Å². The van der Waals surface area contributed by atoms with Gasteiger partial charge in [-0.15, -0.1) is 24.0 Å². The summed E-state index contributed by atoms with van der Waals surface area (Å²) in [5, 5.41) is 6.34. The second-order valence-electron chi connectivity index (χ2n) is 6.57. The molecule has 0 unspecified atom stereocenters. The van der Waals surface area contributed by atoms with Crippen LogP contribution in [0.2, 0.25) is 0 Å². The minimum Gasteiger partial charge on any atom is -0.492 e. The van der Waals surface area contributed by atoms with Gasteiger partial charge in [-0.3, -0.25) is 9.79 Å². The predicted molar refractivity (Wildman–Crippen MR) is 129 cm³/mol. The van der Waals surface area contributed by atoms with E-state index in [2.05, 4.69) is 15.6 Å². The van der Waals surface area contributed by atoms with E-state index in [1.165, 1.54) is 5.56 Å². The third-order valence-electron chi connectivity index (χ3n) is 4.23. The summed E-state index contributed by atoms with van der Waals surface area (Å²) < 4.78 is 5.68. The lowest BCUT2D eigenvalue weighted by Gasteiger charge is -2.18. The van der Waals surface area contributed by atoms with Gasteiger partial charge in [-0.25, -0.2) is 0 Å². The lowest BCUT2D eigenvalue weighted by Crippen LogP contribution is -2.41. The van der Waals surface area contributed by atoms with Crippen molar-refractivity contribution >= 4 is 35.8 Å². The van der Waals surface area contributed by atoms with Crippen LogP contribution in [0.3, 0.4) is 0 Å². The summed E-state index contributed by atoms with van der Waals surface area (Å²) in [5.74, 6) is 1.60. The molecule has 0 aliphatic rings. The topological polar surface area (TPSA) is 66.0 Å². The highest BCUT2D eigenvalue weighted by Crippen LogP contribution is 2.10. The molecule has 0 bridgehead atoms. The Balaban J connectivity index is 0.00000420. The summed E-state index contributed by atoms with van der Waals surface area (Å²) in [6.07, 6.45) is 0.407. The zero-order valence-electron chi connectivity index (χ0n) is 17.4. The molecule has 0 heterocycles. The van der Waals surface area contributed by atoms with Crippen LogP contribution in [-0.4, -0.2) is 50.6 Å². The zero-order chi connectivity index (χ0) is 20.2. The van der Waals surface area contributed by atoms with Gasteiger partial charge in [0.05, 0.1) is 6.54 Å². The predicted octanol–water partition coefficient (Wildman–Crippen LogP) is 3.21. The number of nitrogens with one attached hydrogen (secondary N) is 2. The third-order valence-corrected chi connectivity index (χ3v) is 4.23. The van der Waals surface area contributed by atoms with Crippen molar-refractivity contribution in [2.75, 3.05) is 33.8 Å². The summed E-state index contributed by atoms with van der Waals surface area (Å²) in [4.78, 5) is 18.2. The molecule has 0 spiro atoms. The Hall–Kier alpha value is -2.29. The van der Waals surface area contributed by atoms with Gasteiger partial charge in [0.2, 0.25) is 5.91 Å². The van der Waals surface area contributed by atoms with Crippen molar-refractivity contribution in [1.82, 2.24) is 15.5 Å². The molecule has 0 radical (unpaired) electrons. The summed E-state index contributed by atoms with van der Waals surface area (Å²) in [5.41, 5.74) is 2.33. The Morgan fingerprint density at radius 1 is 1.03 bits per heavy atom. The fourth-order valence-corrected chi connectivity index (χ4v) is 2.62. The van der Waals surface area contributed by atoms with E-state index in [9.17, 15) is 4.79 Å². The largest absolute Gasteiger partial charge is 0.492 e. The first-order chi connectivity index (χ1) is 13.6. The number of rotatable bonds is 9. The van der Waals surface area contributed by atoms with Crippen molar-refractivity contribution in [3.05, 3.63) is 65.7 Å². The number of nitrogens with zero attached hydrogens (tertiary/aromatic N) is 2. The minimum absolute atomic E-state index is 0. The van der Waals surface area contributed by atoms with Gasteiger partial charge < -0.3 is 20.3 Å². The Labute approximate surface area is 190 Å². The molecular formula is C22H31IN4O2. The van der Waals surface area contributed by atoms with E-state index in [1.54, 1.807) is 11.9 Å². The molecule has 2 aromatic carbocycles. The van der Waals surface area contributed by atoms with E-state index in [4.69, 9.17) is 4.74 Å². The van der Waals surface area contributed by atoms with Crippen LogP contribution in [0.4, 0.5) is 0 Å². The van der Waals surface area contributed by atoms with Gasteiger partial charge in [-0.05, 0) is 24.6 Å². The molecule has 0 aromatic heterocycles. The average Bonchev–Trinajstić information content (AvgIpc) is 2.71. The second-order valence-corrected chi connectivity index (χ2v) is 6.57. The van der Waals surface area contributed by atoms with Gasteiger partial charge >= 0.3 is 0 Å². The Bertz CT molecular complexity index is 751. The first kappa shape index (κ1) is 24.7. The number of hydrogen-bond acceptors (Lipinski definition) is 3. The summed E-state index contributed by atoms with van der Waals surface area (Å²) in [6, 6.07) is 17.9. The standard InChI is InChI=1S/C22H30N4O2.HI/c1-18-9-11-20(12-10-18)28-16-15-25-22(23-2)24-14-13-21(27)26(3)17-19-7-5-4-6-8-19;/h4-12H,13-17H2,1-3H3,(H2,23,24,25);1H. The lowest BCUT2D eigenvalue weighted by atomic mass is 10.2. The number of aliphatic imine (C=N–C) groups is 1. The first-order valence-corrected chi connectivity index (χ1v) is 9.50. The van der Waals surface area contributed by atoms with Crippen LogP contribution in [0.5, 0.6) is 5.75 Å². The van der Waals surface area contributed by atoms with Crippen molar-refractivity contribution < 1.29 is 9.53 Å². The van der Waals surface area contributed by atoms with Gasteiger partial charge in [-0.2, -0.15) is 0 Å². The quantitative estimate of drug-likeness (QED) is 0.236. The van der Waals surface area contributed by atoms with Crippen molar-refractivity contribution in [3.63, 3.8) is 0 Å². The van der Waals surface area contributed by atoms with Crippen LogP contribution in [0.25, 0.3) is 0 Å². The highest BCUT2D eigenvalue weighted by Gasteiger charge is 2.09. The summed E-state index contributed by atoms with van der Waals surface area (Å²) >= 11 is 0. The van der Waals surface area contributed by atoms with Gasteiger partial charge in [0.25, 0.3) is 0 Å². The van der Waals surface area contributed by atoms with E-state index in [1.807, 2.05) is 68.6 Å². The van der Waals surface area contributed by atoms with Crippen molar-refractivity contribution in [2.45, 2.75) is 19.9 Å². The number of carbonyl (C=O) groups is 1. The third kappa shape index (κ3) is 9.65. The molecular weight excluding hydrogens is 479 g/mol. The van der Waals surface area contributed by atoms with Crippen LogP contribution >= 0.6 is 24.0 Å². The molecule has 0 saturated carbocycles. The number of amides is 1. The zero-order valence-corrected chi connectivity index (χ0v) is 19.7. The molecule has 7 heteroatoms. The van der Waals surface area contributed by atoms with Crippen LogP contribution in [-0.2, 0) is 11.3 Å². The first-order valence-electron chi connectivity index (χ1n) is 9.50. The molecule has 0 saturated heterocycles. The maximum absolute atomic E-state index is 12.3. The number of aryl methyl sites for hydroxylation is 1. The molecule has 2 N–H and O–H groups in total. The van der Waals surface area contributed by atoms with Gasteiger partial charge in [0, 0.05) is 33.6 Å². The second kappa shape index (κ2) is 13.8. The number of halogens is 1. The monoisotopic (exact) mass is 510 g/mol. The van der Waals surface area contributed by atoms with Crippen molar-refractivity contribution in [2.24, 2.45) is 4.99 Å². The number of benzene rings is 2. The van der Waals surface area contributed by atoms with Crippen LogP contribution in [0.1, 0.15) is 17.5 Å². The summed E-state index contributed by atoms with van der Waals surface area (Å²) in [6.45, 7) is 4.34. The van der Waals surface area contributed by atoms with Crippen LogP contribution < -0.4 is 15.4 Å². The fourth-order valence-electron chi connectivity index (χ4n) is 2.62. The van der Waals surface area contributed by atoms with Crippen LogP contribution in [0.15, 0.2) is 59.6 Å². The molecule has 0 aliphatic heterocycles. The molecule has 0 aliphatic carbocycles. The Morgan fingerprint density at radius 3 is 2.34 bits per heavy atom. The smallest absolute Gasteiger partial charge is 0.224 e. The summed E-state index contributed by atoms with van der Waals surface area (Å²) in [7, 11) is 3.53. The molecule has 2 rings (SSSR count). The Kier molecular flexibility index (Phi) is 11.8. The van der Waals surface area contributed by atoms with Crippen molar-refractivity contribution in [3.8, 4) is 5.75 Å². The normalized spacial score (nSPS) is 10.7. The number of hydrogen-bond donors (Lipinski definition) is 2. The van der Waals surface area contributed by atoms with E-state index in [0.717, 1.165) is 11.3 Å². The lowest BCUT2D eigenvalue weighted by molar-refractivity contribution is -0.130. The van der Waals surface area contributed by atoms with Crippen molar-refractivity contribution in [1.29, 1.82) is 0 Å². The van der Waals surface area contributed by atoms with Gasteiger partial charge in [0.1, 0.15) is 12.4 Å². The molecule has 29 heavy (non-hydrogen) atoms. The van der Waals surface area contributed by atoms with E-state index in [-0.39, 0.29) is 29.9 Å². The van der Waals surface area contributed by atoms with E-state index >= 15 is 0 Å².